The standard InChI is InChI=1S/C14H18N2OS2/c1-2-16-14(10-17,12-6-4-3-5-7-12)11-19-13-15-8-9-18-13/h3-9,16-17H,2,10-11H2,1H3. The minimum absolute atomic E-state index is 0.0726. The average Bonchev–Trinajstić information content (AvgIpc) is 2.98. The van der Waals surface area contributed by atoms with E-state index in [0.29, 0.717) is 0 Å². The van der Waals surface area contributed by atoms with Crippen molar-refractivity contribution in [2.45, 2.75) is 16.8 Å². The topological polar surface area (TPSA) is 45.1 Å². The molecule has 3 nitrogen and oxygen atoms in total. The molecular formula is C14H18N2OS2. The Hall–Kier alpha value is -0.880. The van der Waals surface area contributed by atoms with Crippen molar-refractivity contribution in [1.29, 1.82) is 0 Å². The van der Waals surface area contributed by atoms with E-state index in [4.69, 9.17) is 0 Å². The third-order valence-electron chi connectivity index (χ3n) is 2.96. The van der Waals surface area contributed by atoms with Crippen LogP contribution in [0, 0.1) is 0 Å². The minimum atomic E-state index is -0.410. The van der Waals surface area contributed by atoms with E-state index in [1.165, 1.54) is 0 Å². The molecule has 0 aliphatic rings. The number of thioether (sulfide) groups is 1. The Labute approximate surface area is 122 Å². The van der Waals surface area contributed by atoms with E-state index in [-0.39, 0.29) is 6.61 Å². The van der Waals surface area contributed by atoms with Crippen LogP contribution in [0.2, 0.25) is 0 Å². The third kappa shape index (κ3) is 3.57. The highest BCUT2D eigenvalue weighted by atomic mass is 32.2. The van der Waals surface area contributed by atoms with Crippen molar-refractivity contribution in [3.8, 4) is 0 Å². The Morgan fingerprint density at radius 2 is 2.16 bits per heavy atom. The van der Waals surface area contributed by atoms with Crippen LogP contribution in [0.5, 0.6) is 0 Å². The number of nitrogens with zero attached hydrogens (tertiary/aromatic N) is 1. The summed E-state index contributed by atoms with van der Waals surface area (Å²) in [6.45, 7) is 2.94. The van der Waals surface area contributed by atoms with E-state index in [1.807, 2.05) is 29.8 Å². The molecule has 2 rings (SSSR count). The molecule has 0 fully saturated rings. The lowest BCUT2D eigenvalue weighted by molar-refractivity contribution is 0.181. The molecule has 0 radical (unpaired) electrons. The number of benzene rings is 1. The second-order valence-corrected chi connectivity index (χ2v) is 6.34. The van der Waals surface area contributed by atoms with Gasteiger partial charge in [0.1, 0.15) is 4.34 Å². The van der Waals surface area contributed by atoms with Gasteiger partial charge in [0.2, 0.25) is 0 Å². The van der Waals surface area contributed by atoms with Gasteiger partial charge in [0.25, 0.3) is 0 Å². The highest BCUT2D eigenvalue weighted by Gasteiger charge is 2.30. The Morgan fingerprint density at radius 3 is 2.74 bits per heavy atom. The largest absolute Gasteiger partial charge is 0.394 e. The molecule has 1 aromatic heterocycles. The number of aromatic nitrogens is 1. The molecule has 0 spiro atoms. The van der Waals surface area contributed by atoms with Crippen LogP contribution in [0.15, 0.2) is 46.2 Å². The van der Waals surface area contributed by atoms with Crippen LogP contribution in [0.3, 0.4) is 0 Å². The molecule has 1 unspecified atom stereocenters. The number of hydrogen-bond donors (Lipinski definition) is 2. The zero-order chi connectivity index (χ0) is 13.6. The van der Waals surface area contributed by atoms with E-state index >= 15 is 0 Å². The van der Waals surface area contributed by atoms with Crippen LogP contribution in [-0.2, 0) is 5.54 Å². The fraction of sp³-hybridized carbons (Fsp3) is 0.357. The summed E-state index contributed by atoms with van der Waals surface area (Å²) >= 11 is 3.31. The zero-order valence-corrected chi connectivity index (χ0v) is 12.5. The number of thiazole rings is 1. The summed E-state index contributed by atoms with van der Waals surface area (Å²) in [5.74, 6) is 0.759. The van der Waals surface area contributed by atoms with Crippen LogP contribution in [-0.4, -0.2) is 29.0 Å². The summed E-state index contributed by atoms with van der Waals surface area (Å²) in [5, 5.41) is 15.3. The second-order valence-electron chi connectivity index (χ2n) is 4.22. The Balaban J connectivity index is 2.18. The van der Waals surface area contributed by atoms with Crippen molar-refractivity contribution in [2.24, 2.45) is 0 Å². The highest BCUT2D eigenvalue weighted by molar-refractivity contribution is 8.01. The maximum absolute atomic E-state index is 9.90. The molecule has 1 atom stereocenters. The number of aliphatic hydroxyl groups excluding tert-OH is 1. The molecule has 1 aromatic carbocycles. The lowest BCUT2D eigenvalue weighted by Crippen LogP contribution is -2.47. The highest BCUT2D eigenvalue weighted by Crippen LogP contribution is 2.30. The first kappa shape index (κ1) is 14.5. The lowest BCUT2D eigenvalue weighted by Gasteiger charge is -2.33. The third-order valence-corrected chi connectivity index (χ3v) is 5.16. The van der Waals surface area contributed by atoms with Gasteiger partial charge in [-0.25, -0.2) is 4.98 Å². The summed E-state index contributed by atoms with van der Waals surface area (Å²) in [4.78, 5) is 4.28. The summed E-state index contributed by atoms with van der Waals surface area (Å²) in [6.07, 6.45) is 1.81. The molecule has 0 aliphatic carbocycles. The van der Waals surface area contributed by atoms with E-state index < -0.39 is 5.54 Å². The molecule has 1 heterocycles. The molecule has 2 aromatic rings. The summed E-state index contributed by atoms with van der Waals surface area (Å²) in [5.41, 5.74) is 0.704. The van der Waals surface area contributed by atoms with Gasteiger partial charge >= 0.3 is 0 Å². The van der Waals surface area contributed by atoms with Crippen molar-refractivity contribution < 1.29 is 5.11 Å². The second kappa shape index (κ2) is 7.05. The molecular weight excluding hydrogens is 276 g/mol. The predicted molar refractivity (Wildman–Crippen MR) is 81.7 cm³/mol. The van der Waals surface area contributed by atoms with Crippen molar-refractivity contribution in [2.75, 3.05) is 18.9 Å². The van der Waals surface area contributed by atoms with Gasteiger partial charge in [0.15, 0.2) is 0 Å². The van der Waals surface area contributed by atoms with Crippen molar-refractivity contribution >= 4 is 23.1 Å². The SMILES string of the molecule is CCNC(CO)(CSc1nccs1)c1ccccc1. The van der Waals surface area contributed by atoms with E-state index in [1.54, 1.807) is 23.1 Å². The normalized spacial score (nSPS) is 14.2. The maximum atomic E-state index is 9.90. The first-order chi connectivity index (χ1) is 9.30. The van der Waals surface area contributed by atoms with E-state index in [0.717, 1.165) is 22.2 Å². The summed E-state index contributed by atoms with van der Waals surface area (Å²) in [6, 6.07) is 10.1. The van der Waals surface area contributed by atoms with Gasteiger partial charge in [-0.3, -0.25) is 0 Å². The fourth-order valence-electron chi connectivity index (χ4n) is 1.99. The number of nitrogens with one attached hydrogen (secondary N) is 1. The van der Waals surface area contributed by atoms with Gasteiger partial charge in [-0.15, -0.1) is 11.3 Å². The first-order valence-electron chi connectivity index (χ1n) is 6.24. The molecule has 0 aliphatic heterocycles. The molecule has 5 heteroatoms. The van der Waals surface area contributed by atoms with Gasteiger partial charge in [-0.2, -0.15) is 0 Å². The van der Waals surface area contributed by atoms with E-state index in [2.05, 4.69) is 29.4 Å². The number of rotatable bonds is 7. The monoisotopic (exact) mass is 294 g/mol. The number of aliphatic hydroxyl groups is 1. The van der Waals surface area contributed by atoms with Gasteiger partial charge in [0.05, 0.1) is 12.1 Å². The van der Waals surface area contributed by atoms with Crippen LogP contribution < -0.4 is 5.32 Å². The van der Waals surface area contributed by atoms with Crippen LogP contribution in [0.4, 0.5) is 0 Å². The van der Waals surface area contributed by atoms with Crippen molar-refractivity contribution in [3.05, 3.63) is 47.5 Å². The smallest absolute Gasteiger partial charge is 0.149 e. The minimum Gasteiger partial charge on any atom is -0.394 e. The molecule has 0 saturated heterocycles. The van der Waals surface area contributed by atoms with Gasteiger partial charge in [-0.1, -0.05) is 49.0 Å². The quantitative estimate of drug-likeness (QED) is 0.771. The van der Waals surface area contributed by atoms with Crippen molar-refractivity contribution in [3.63, 3.8) is 0 Å². The molecule has 0 bridgehead atoms. The number of likely N-dealkylation sites (N-methyl/N-ethyl adjacent to an activating group) is 1. The first-order valence-corrected chi connectivity index (χ1v) is 8.11. The zero-order valence-electron chi connectivity index (χ0n) is 10.9. The fourth-order valence-corrected chi connectivity index (χ4v) is 3.83. The van der Waals surface area contributed by atoms with Crippen LogP contribution in [0.1, 0.15) is 12.5 Å². The molecule has 19 heavy (non-hydrogen) atoms. The predicted octanol–water partition coefficient (Wildman–Crippen LogP) is 2.73. The Morgan fingerprint density at radius 1 is 1.37 bits per heavy atom. The lowest BCUT2D eigenvalue weighted by atomic mass is 9.92. The van der Waals surface area contributed by atoms with Gasteiger partial charge in [-0.05, 0) is 12.1 Å². The summed E-state index contributed by atoms with van der Waals surface area (Å²) in [7, 11) is 0. The van der Waals surface area contributed by atoms with E-state index in [9.17, 15) is 5.11 Å². The molecule has 0 amide bonds. The van der Waals surface area contributed by atoms with Gasteiger partial charge < -0.3 is 10.4 Å². The van der Waals surface area contributed by atoms with Crippen LogP contribution >= 0.6 is 23.1 Å². The summed E-state index contributed by atoms with van der Waals surface area (Å²) < 4.78 is 1.03. The molecule has 102 valence electrons. The maximum Gasteiger partial charge on any atom is 0.149 e. The molecule has 0 saturated carbocycles. The average molecular weight is 294 g/mol. The number of hydrogen-bond acceptors (Lipinski definition) is 5. The van der Waals surface area contributed by atoms with Gasteiger partial charge in [0, 0.05) is 17.3 Å². The Kier molecular flexibility index (Phi) is 5.39. The Bertz CT molecular complexity index is 475. The molecule has 2 N–H and O–H groups in total. The van der Waals surface area contributed by atoms with Crippen LogP contribution in [0.25, 0.3) is 0 Å². The van der Waals surface area contributed by atoms with Crippen molar-refractivity contribution in [1.82, 2.24) is 10.3 Å².